The van der Waals surface area contributed by atoms with Gasteiger partial charge in [-0.15, -0.1) is 0 Å². The summed E-state index contributed by atoms with van der Waals surface area (Å²) < 4.78 is 16.6. The van der Waals surface area contributed by atoms with E-state index in [2.05, 4.69) is 10.2 Å². The van der Waals surface area contributed by atoms with E-state index < -0.39 is 10.8 Å². The minimum absolute atomic E-state index is 0.162. The number of rotatable bonds is 9. The van der Waals surface area contributed by atoms with Gasteiger partial charge in [0.2, 0.25) is 0 Å². The summed E-state index contributed by atoms with van der Waals surface area (Å²) in [6.45, 7) is 4.45. The van der Waals surface area contributed by atoms with Crippen LogP contribution >= 0.6 is 0 Å². The molecule has 0 bridgehead atoms. The Morgan fingerprint density at radius 2 is 2.06 bits per heavy atom. The van der Waals surface area contributed by atoms with Crippen molar-refractivity contribution in [3.63, 3.8) is 0 Å². The van der Waals surface area contributed by atoms with Crippen molar-refractivity contribution >= 4 is 23.4 Å². The molecule has 1 fully saturated rings. The number of nitriles is 1. The lowest BCUT2D eigenvalue weighted by molar-refractivity contribution is -0.384. The number of hydrogen-bond donors (Lipinski definition) is 1. The van der Waals surface area contributed by atoms with E-state index in [1.54, 1.807) is 18.2 Å². The number of anilines is 1. The highest BCUT2D eigenvalue weighted by atomic mass is 16.6. The molecule has 1 saturated heterocycles. The van der Waals surface area contributed by atoms with Crippen molar-refractivity contribution in [3.8, 4) is 17.6 Å². The predicted octanol–water partition coefficient (Wildman–Crippen LogP) is 2.86. The van der Waals surface area contributed by atoms with Crippen LogP contribution < -0.4 is 14.8 Å². The number of benzene rings is 2. The summed E-state index contributed by atoms with van der Waals surface area (Å²) >= 11 is 0. The highest BCUT2D eigenvalue weighted by molar-refractivity contribution is 6.09. The number of carbonyl (C=O) groups is 1. The van der Waals surface area contributed by atoms with Gasteiger partial charge < -0.3 is 19.5 Å². The van der Waals surface area contributed by atoms with Crippen molar-refractivity contribution < 1.29 is 23.9 Å². The number of nitro benzene ring substituents is 1. The number of amides is 1. The summed E-state index contributed by atoms with van der Waals surface area (Å²) in [5, 5.41) is 22.9. The topological polar surface area (TPSA) is 127 Å². The van der Waals surface area contributed by atoms with Crippen molar-refractivity contribution in [2.45, 2.75) is 0 Å². The van der Waals surface area contributed by atoms with Gasteiger partial charge >= 0.3 is 0 Å². The fourth-order valence-corrected chi connectivity index (χ4v) is 3.21. The molecule has 3 rings (SSSR count). The van der Waals surface area contributed by atoms with Crippen LogP contribution in [0.5, 0.6) is 11.5 Å². The Kier molecular flexibility index (Phi) is 8.35. The second-order valence-corrected chi connectivity index (χ2v) is 7.14. The van der Waals surface area contributed by atoms with Gasteiger partial charge in [-0.05, 0) is 29.8 Å². The first kappa shape index (κ1) is 23.7. The van der Waals surface area contributed by atoms with Crippen molar-refractivity contribution in [3.05, 3.63) is 63.7 Å². The molecule has 33 heavy (non-hydrogen) atoms. The standard InChI is InChI=1S/C23H24N4O6/c1-31-22-14-17(5-6-21(22)33-12-9-26-7-10-32-11-8-26)13-18(16-24)23(28)25-19-3-2-4-20(15-19)27(29)30/h2-6,13-15H,7-12H2,1H3,(H,25,28). The molecular formula is C23H24N4O6. The summed E-state index contributed by atoms with van der Waals surface area (Å²) in [7, 11) is 1.51. The predicted molar refractivity (Wildman–Crippen MR) is 121 cm³/mol. The summed E-state index contributed by atoms with van der Waals surface area (Å²) in [5.74, 6) is 0.354. The number of morpholine rings is 1. The number of methoxy groups -OCH3 is 1. The highest BCUT2D eigenvalue weighted by Crippen LogP contribution is 2.29. The second-order valence-electron chi connectivity index (χ2n) is 7.14. The van der Waals surface area contributed by atoms with Crippen molar-refractivity contribution in [1.82, 2.24) is 4.90 Å². The van der Waals surface area contributed by atoms with Crippen LogP contribution in [-0.4, -0.2) is 62.3 Å². The minimum atomic E-state index is -0.678. The number of hydrogen-bond acceptors (Lipinski definition) is 8. The fourth-order valence-electron chi connectivity index (χ4n) is 3.21. The molecule has 2 aromatic carbocycles. The average Bonchev–Trinajstić information content (AvgIpc) is 2.83. The SMILES string of the molecule is COc1cc(C=C(C#N)C(=O)Nc2cccc([N+](=O)[O-])c2)ccc1OCCN1CCOCC1. The first-order valence-electron chi connectivity index (χ1n) is 10.3. The Balaban J connectivity index is 1.67. The molecule has 1 heterocycles. The lowest BCUT2D eigenvalue weighted by atomic mass is 10.1. The van der Waals surface area contributed by atoms with Crippen molar-refractivity contribution in [2.75, 3.05) is 51.9 Å². The van der Waals surface area contributed by atoms with Crippen LogP contribution in [0.3, 0.4) is 0 Å². The van der Waals surface area contributed by atoms with E-state index in [4.69, 9.17) is 14.2 Å². The molecule has 0 unspecified atom stereocenters. The largest absolute Gasteiger partial charge is 0.493 e. The molecule has 1 amide bonds. The number of nitro groups is 1. The smallest absolute Gasteiger partial charge is 0.271 e. The molecule has 1 aliphatic rings. The molecule has 10 heteroatoms. The van der Waals surface area contributed by atoms with Crippen LogP contribution in [-0.2, 0) is 9.53 Å². The van der Waals surface area contributed by atoms with E-state index >= 15 is 0 Å². The second kappa shape index (κ2) is 11.6. The van der Waals surface area contributed by atoms with Crippen molar-refractivity contribution in [2.24, 2.45) is 0 Å². The molecule has 0 aliphatic carbocycles. The first-order valence-corrected chi connectivity index (χ1v) is 10.3. The lowest BCUT2D eigenvalue weighted by Crippen LogP contribution is -2.38. The van der Waals surface area contributed by atoms with E-state index in [1.807, 2.05) is 6.07 Å². The first-order chi connectivity index (χ1) is 16.0. The number of carbonyl (C=O) groups excluding carboxylic acids is 1. The number of nitrogens with one attached hydrogen (secondary N) is 1. The van der Waals surface area contributed by atoms with E-state index in [1.165, 1.54) is 37.5 Å². The molecule has 0 atom stereocenters. The maximum absolute atomic E-state index is 12.5. The zero-order chi connectivity index (χ0) is 23.6. The maximum Gasteiger partial charge on any atom is 0.271 e. The highest BCUT2D eigenvalue weighted by Gasteiger charge is 2.14. The molecule has 172 valence electrons. The van der Waals surface area contributed by atoms with Gasteiger partial charge in [0, 0.05) is 37.5 Å². The normalized spacial score (nSPS) is 14.2. The van der Waals surface area contributed by atoms with Gasteiger partial charge in [-0.2, -0.15) is 5.26 Å². The summed E-state index contributed by atoms with van der Waals surface area (Å²) in [6, 6.07) is 12.5. The van der Waals surface area contributed by atoms with Crippen LogP contribution in [0.25, 0.3) is 6.08 Å². The Labute approximate surface area is 191 Å². The van der Waals surface area contributed by atoms with Gasteiger partial charge in [0.15, 0.2) is 11.5 Å². The molecular weight excluding hydrogens is 428 g/mol. The number of ether oxygens (including phenoxy) is 3. The molecule has 0 saturated carbocycles. The molecule has 10 nitrogen and oxygen atoms in total. The fraction of sp³-hybridized carbons (Fsp3) is 0.304. The van der Waals surface area contributed by atoms with Gasteiger partial charge in [0.1, 0.15) is 18.2 Å². The van der Waals surface area contributed by atoms with E-state index in [0.29, 0.717) is 23.7 Å². The zero-order valence-electron chi connectivity index (χ0n) is 18.2. The van der Waals surface area contributed by atoms with Gasteiger partial charge in [-0.3, -0.25) is 19.8 Å². The number of non-ortho nitro benzene ring substituents is 1. The maximum atomic E-state index is 12.5. The lowest BCUT2D eigenvalue weighted by Gasteiger charge is -2.26. The van der Waals surface area contributed by atoms with Gasteiger partial charge in [-0.1, -0.05) is 12.1 Å². The third-order valence-electron chi connectivity index (χ3n) is 4.95. The van der Waals surface area contributed by atoms with Crippen molar-refractivity contribution in [1.29, 1.82) is 5.26 Å². The Bertz CT molecular complexity index is 1070. The molecule has 2 aromatic rings. The van der Waals surface area contributed by atoms with Gasteiger partial charge in [0.05, 0.1) is 25.2 Å². The number of nitrogens with zero attached hydrogens (tertiary/aromatic N) is 3. The summed E-state index contributed by atoms with van der Waals surface area (Å²) in [5.41, 5.74) is 0.462. The van der Waals surface area contributed by atoms with Crippen LogP contribution in [0, 0.1) is 21.4 Å². The van der Waals surface area contributed by atoms with Crippen LogP contribution in [0.15, 0.2) is 48.0 Å². The Morgan fingerprint density at radius 3 is 2.76 bits per heavy atom. The summed E-state index contributed by atoms with van der Waals surface area (Å²) in [4.78, 5) is 25.1. The summed E-state index contributed by atoms with van der Waals surface area (Å²) in [6.07, 6.45) is 1.41. The van der Waals surface area contributed by atoms with Gasteiger partial charge in [0.25, 0.3) is 11.6 Å². The van der Waals surface area contributed by atoms with Crippen LogP contribution in [0.4, 0.5) is 11.4 Å². The monoisotopic (exact) mass is 452 g/mol. The molecule has 0 spiro atoms. The average molecular weight is 452 g/mol. The third-order valence-corrected chi connectivity index (χ3v) is 4.95. The van der Waals surface area contributed by atoms with E-state index in [-0.39, 0.29) is 16.9 Å². The molecule has 1 aliphatic heterocycles. The minimum Gasteiger partial charge on any atom is -0.493 e. The van der Waals surface area contributed by atoms with E-state index in [9.17, 15) is 20.2 Å². The van der Waals surface area contributed by atoms with Gasteiger partial charge in [-0.25, -0.2) is 0 Å². The van der Waals surface area contributed by atoms with E-state index in [0.717, 1.165) is 32.8 Å². The quantitative estimate of drug-likeness (QED) is 0.266. The van der Waals surface area contributed by atoms with Crippen LogP contribution in [0.1, 0.15) is 5.56 Å². The zero-order valence-corrected chi connectivity index (χ0v) is 18.2. The third kappa shape index (κ3) is 6.77. The molecule has 1 N–H and O–H groups in total. The van der Waals surface area contributed by atoms with Crippen LogP contribution in [0.2, 0.25) is 0 Å². The molecule has 0 aromatic heterocycles. The Hall–Kier alpha value is -3.94. The Morgan fingerprint density at radius 1 is 1.27 bits per heavy atom. The molecule has 0 radical (unpaired) electrons.